The third kappa shape index (κ3) is 3.35. The summed E-state index contributed by atoms with van der Waals surface area (Å²) in [6.07, 6.45) is -2.21. The van der Waals surface area contributed by atoms with Crippen LogP contribution in [-0.2, 0) is 0 Å². The lowest BCUT2D eigenvalue weighted by Crippen LogP contribution is -2.22. The minimum atomic E-state index is -1.12. The average Bonchev–Trinajstić information content (AvgIpc) is 2.24. The van der Waals surface area contributed by atoms with Gasteiger partial charge in [-0.25, -0.2) is 0 Å². The van der Waals surface area contributed by atoms with Gasteiger partial charge in [-0.1, -0.05) is 16.7 Å². The summed E-state index contributed by atoms with van der Waals surface area (Å²) in [6.45, 7) is 3.44. The van der Waals surface area contributed by atoms with Crippen LogP contribution >= 0.6 is 11.6 Å². The van der Waals surface area contributed by atoms with Crippen LogP contribution in [0.15, 0.2) is 17.2 Å². The van der Waals surface area contributed by atoms with Gasteiger partial charge in [0.05, 0.1) is 12.6 Å². The van der Waals surface area contributed by atoms with Crippen LogP contribution in [0.2, 0.25) is 5.02 Å². The Morgan fingerprint density at radius 2 is 1.88 bits per heavy atom. The van der Waals surface area contributed by atoms with Crippen molar-refractivity contribution in [2.75, 3.05) is 6.54 Å². The Morgan fingerprint density at radius 3 is 2.35 bits per heavy atom. The highest BCUT2D eigenvalue weighted by Gasteiger charge is 2.21. The molecule has 0 bridgehead atoms. The largest absolute Gasteiger partial charge is 0.390 e. The van der Waals surface area contributed by atoms with Gasteiger partial charge in [0.15, 0.2) is 0 Å². The zero-order chi connectivity index (χ0) is 13.0. The lowest BCUT2D eigenvalue weighted by atomic mass is 9.95. The van der Waals surface area contributed by atoms with Crippen LogP contribution in [0, 0.1) is 13.8 Å². The van der Waals surface area contributed by atoms with E-state index in [4.69, 9.17) is 17.1 Å². The summed E-state index contributed by atoms with van der Waals surface area (Å²) in [5.41, 5.74) is 10.4. The van der Waals surface area contributed by atoms with E-state index in [0.717, 1.165) is 11.1 Å². The lowest BCUT2D eigenvalue weighted by molar-refractivity contribution is 0.0236. The van der Waals surface area contributed by atoms with E-state index in [9.17, 15) is 10.2 Å². The molecular weight excluding hydrogens is 242 g/mol. The summed E-state index contributed by atoms with van der Waals surface area (Å²) >= 11 is 5.88. The third-order valence-corrected chi connectivity index (χ3v) is 2.77. The molecule has 1 rings (SSSR count). The van der Waals surface area contributed by atoms with Crippen molar-refractivity contribution in [1.82, 2.24) is 0 Å². The highest BCUT2D eigenvalue weighted by atomic mass is 35.5. The molecule has 0 heterocycles. The molecule has 2 unspecified atom stereocenters. The quantitative estimate of drug-likeness (QED) is 0.492. The fourth-order valence-electron chi connectivity index (χ4n) is 1.80. The maximum Gasteiger partial charge on any atom is 0.105 e. The predicted octanol–water partition coefficient (Wildman–Crippen LogP) is 2.66. The van der Waals surface area contributed by atoms with Crippen molar-refractivity contribution in [3.63, 3.8) is 0 Å². The first-order chi connectivity index (χ1) is 7.97. The van der Waals surface area contributed by atoms with Crippen molar-refractivity contribution in [2.45, 2.75) is 26.1 Å². The number of halogens is 1. The number of hydrogen-bond acceptors (Lipinski definition) is 3. The van der Waals surface area contributed by atoms with Gasteiger partial charge in [0.1, 0.15) is 6.10 Å². The van der Waals surface area contributed by atoms with Crippen LogP contribution in [0.3, 0.4) is 0 Å². The van der Waals surface area contributed by atoms with Gasteiger partial charge < -0.3 is 10.2 Å². The predicted molar refractivity (Wildman–Crippen MR) is 65.9 cm³/mol. The van der Waals surface area contributed by atoms with Gasteiger partial charge in [-0.2, -0.15) is 0 Å². The Balaban J connectivity index is 3.03. The van der Waals surface area contributed by atoms with Gasteiger partial charge in [0.25, 0.3) is 0 Å². The molecule has 0 saturated carbocycles. The first-order valence-electron chi connectivity index (χ1n) is 5.11. The molecule has 0 aliphatic rings. The number of benzene rings is 1. The first kappa shape index (κ1) is 13.8. The Labute approximate surface area is 104 Å². The fraction of sp³-hybridized carbons (Fsp3) is 0.455. The highest BCUT2D eigenvalue weighted by Crippen LogP contribution is 2.27. The Hall–Kier alpha value is -1.26. The second-order valence-electron chi connectivity index (χ2n) is 3.88. The summed E-state index contributed by atoms with van der Waals surface area (Å²) < 4.78 is 0. The van der Waals surface area contributed by atoms with Gasteiger partial charge >= 0.3 is 0 Å². The van der Waals surface area contributed by atoms with Crippen LogP contribution in [0.1, 0.15) is 22.8 Å². The van der Waals surface area contributed by atoms with Crippen LogP contribution in [0.4, 0.5) is 0 Å². The van der Waals surface area contributed by atoms with Crippen molar-refractivity contribution in [3.05, 3.63) is 44.3 Å². The standard InChI is InChI=1S/C11H14ClN3O2/c1-6-3-8(12)4-7(2)10(6)11(17)9(16)5-14-15-13/h3-4,9,11,16-17H,5H2,1-2H3. The molecule has 5 nitrogen and oxygen atoms in total. The van der Waals surface area contributed by atoms with Crippen molar-refractivity contribution in [1.29, 1.82) is 0 Å². The van der Waals surface area contributed by atoms with E-state index < -0.39 is 12.2 Å². The van der Waals surface area contributed by atoms with Gasteiger partial charge in [-0.05, 0) is 48.2 Å². The van der Waals surface area contributed by atoms with Crippen LogP contribution in [-0.4, -0.2) is 22.9 Å². The fourth-order valence-corrected chi connectivity index (χ4v) is 2.13. The molecule has 17 heavy (non-hydrogen) atoms. The Bertz CT molecular complexity index is 435. The summed E-state index contributed by atoms with van der Waals surface area (Å²) in [4.78, 5) is 2.54. The molecule has 0 aromatic heterocycles. The molecule has 0 radical (unpaired) electrons. The first-order valence-corrected chi connectivity index (χ1v) is 5.48. The van der Waals surface area contributed by atoms with E-state index in [-0.39, 0.29) is 6.54 Å². The topological polar surface area (TPSA) is 89.2 Å². The molecule has 6 heteroatoms. The monoisotopic (exact) mass is 255 g/mol. The van der Waals surface area contributed by atoms with Crippen molar-refractivity contribution in [3.8, 4) is 0 Å². The second-order valence-corrected chi connectivity index (χ2v) is 4.32. The smallest absolute Gasteiger partial charge is 0.105 e. The van der Waals surface area contributed by atoms with Gasteiger partial charge in [0, 0.05) is 9.93 Å². The van der Waals surface area contributed by atoms with Crippen LogP contribution in [0.25, 0.3) is 10.4 Å². The molecule has 0 aliphatic heterocycles. The number of rotatable bonds is 4. The Morgan fingerprint density at radius 1 is 1.35 bits per heavy atom. The number of aliphatic hydroxyl groups is 2. The van der Waals surface area contributed by atoms with Crippen LogP contribution < -0.4 is 0 Å². The summed E-state index contributed by atoms with van der Waals surface area (Å²) in [5.74, 6) is 0. The van der Waals surface area contributed by atoms with Gasteiger partial charge in [-0.3, -0.25) is 0 Å². The minimum Gasteiger partial charge on any atom is -0.390 e. The molecule has 2 N–H and O–H groups in total. The maximum absolute atomic E-state index is 9.99. The molecule has 1 aromatic carbocycles. The second kappa shape index (κ2) is 5.89. The molecule has 1 aromatic rings. The molecule has 2 atom stereocenters. The molecule has 0 spiro atoms. The maximum atomic E-state index is 9.99. The van der Waals surface area contributed by atoms with Gasteiger partial charge in [0.2, 0.25) is 0 Å². The van der Waals surface area contributed by atoms with Gasteiger partial charge in [-0.15, -0.1) is 0 Å². The molecule has 0 saturated heterocycles. The molecule has 92 valence electrons. The highest BCUT2D eigenvalue weighted by molar-refractivity contribution is 6.30. The molecule has 0 amide bonds. The van der Waals surface area contributed by atoms with E-state index in [1.54, 1.807) is 26.0 Å². The summed E-state index contributed by atoms with van der Waals surface area (Å²) in [5, 5.41) is 23.5. The SMILES string of the molecule is Cc1cc(Cl)cc(C)c1C(O)C(O)CN=[N+]=[N-]. The number of aryl methyl sites for hydroxylation is 2. The minimum absolute atomic E-state index is 0.167. The number of nitrogens with zero attached hydrogens (tertiary/aromatic N) is 3. The molecule has 0 aliphatic carbocycles. The average molecular weight is 256 g/mol. The van der Waals surface area contributed by atoms with Crippen molar-refractivity contribution >= 4 is 11.6 Å². The van der Waals surface area contributed by atoms with E-state index in [1.165, 1.54) is 0 Å². The summed E-state index contributed by atoms with van der Waals surface area (Å²) in [6, 6.07) is 3.43. The van der Waals surface area contributed by atoms with E-state index in [0.29, 0.717) is 10.6 Å². The van der Waals surface area contributed by atoms with Crippen molar-refractivity contribution in [2.24, 2.45) is 5.11 Å². The van der Waals surface area contributed by atoms with E-state index in [1.807, 2.05) is 0 Å². The number of aliphatic hydroxyl groups excluding tert-OH is 2. The van der Waals surface area contributed by atoms with E-state index in [2.05, 4.69) is 10.0 Å². The zero-order valence-corrected chi connectivity index (χ0v) is 10.4. The Kier molecular flexibility index (Phi) is 4.78. The van der Waals surface area contributed by atoms with E-state index >= 15 is 0 Å². The van der Waals surface area contributed by atoms with Crippen LogP contribution in [0.5, 0.6) is 0 Å². The molecule has 0 fully saturated rings. The lowest BCUT2D eigenvalue weighted by Gasteiger charge is -2.20. The number of hydrogen-bond donors (Lipinski definition) is 2. The number of azide groups is 1. The normalized spacial score (nSPS) is 13.9. The molecular formula is C11H14ClN3O2. The zero-order valence-electron chi connectivity index (χ0n) is 9.63. The summed E-state index contributed by atoms with van der Waals surface area (Å²) in [7, 11) is 0. The van der Waals surface area contributed by atoms with Crippen molar-refractivity contribution < 1.29 is 10.2 Å². The third-order valence-electron chi connectivity index (χ3n) is 2.55.